The minimum absolute atomic E-state index is 0.331. The number of aliphatic hydroxyl groups excluding tert-OH is 1. The summed E-state index contributed by atoms with van der Waals surface area (Å²) in [6.07, 6.45) is 7.04. The normalized spacial score (nSPS) is 17.2. The Hall–Kier alpha value is -1.62. The number of carbonyl (C=O) groups is 1. The van der Waals surface area contributed by atoms with Crippen LogP contribution >= 0.6 is 0 Å². The fourth-order valence-electron chi connectivity index (χ4n) is 2.81. The molecule has 116 valence electrons. The largest absolute Gasteiger partial charge is 0.462 e. The SMILES string of the molecule is CCOC(=O)c1cccnc1NCC(O)C1CCCCC1. The van der Waals surface area contributed by atoms with E-state index in [1.807, 2.05) is 0 Å². The lowest BCUT2D eigenvalue weighted by Crippen LogP contribution is -2.30. The second-order valence-electron chi connectivity index (χ2n) is 5.47. The van der Waals surface area contributed by atoms with Crippen molar-refractivity contribution in [3.63, 3.8) is 0 Å². The molecule has 1 aromatic rings. The first-order chi connectivity index (χ1) is 10.2. The van der Waals surface area contributed by atoms with Crippen LogP contribution in [0.1, 0.15) is 49.4 Å². The number of nitrogens with one attached hydrogen (secondary N) is 1. The molecule has 1 fully saturated rings. The highest BCUT2D eigenvalue weighted by molar-refractivity contribution is 5.94. The fourth-order valence-corrected chi connectivity index (χ4v) is 2.81. The topological polar surface area (TPSA) is 71.5 Å². The molecule has 1 heterocycles. The molecule has 5 nitrogen and oxygen atoms in total. The molecule has 0 amide bonds. The van der Waals surface area contributed by atoms with E-state index in [-0.39, 0.29) is 5.97 Å². The second kappa shape index (κ2) is 7.98. The van der Waals surface area contributed by atoms with Crippen LogP contribution in [0.3, 0.4) is 0 Å². The summed E-state index contributed by atoms with van der Waals surface area (Å²) in [5.74, 6) is 0.437. The number of anilines is 1. The van der Waals surface area contributed by atoms with E-state index in [1.54, 1.807) is 25.3 Å². The van der Waals surface area contributed by atoms with E-state index in [1.165, 1.54) is 19.3 Å². The van der Waals surface area contributed by atoms with Gasteiger partial charge in [-0.3, -0.25) is 0 Å². The Morgan fingerprint density at radius 1 is 1.48 bits per heavy atom. The highest BCUT2D eigenvalue weighted by Crippen LogP contribution is 2.26. The molecule has 1 saturated carbocycles. The molecular formula is C16H24N2O3. The Morgan fingerprint density at radius 3 is 2.95 bits per heavy atom. The van der Waals surface area contributed by atoms with Gasteiger partial charge in [0.1, 0.15) is 11.4 Å². The lowest BCUT2D eigenvalue weighted by Gasteiger charge is -2.27. The number of ether oxygens (including phenoxy) is 1. The van der Waals surface area contributed by atoms with Gasteiger partial charge >= 0.3 is 5.97 Å². The van der Waals surface area contributed by atoms with Crippen LogP contribution in [0, 0.1) is 5.92 Å². The first-order valence-corrected chi connectivity index (χ1v) is 7.76. The van der Waals surface area contributed by atoms with Gasteiger partial charge in [-0.25, -0.2) is 9.78 Å². The molecule has 0 radical (unpaired) electrons. The number of aromatic nitrogens is 1. The van der Waals surface area contributed by atoms with Crippen molar-refractivity contribution in [1.82, 2.24) is 4.98 Å². The minimum atomic E-state index is -0.401. The van der Waals surface area contributed by atoms with Crippen molar-refractivity contribution in [2.24, 2.45) is 5.92 Å². The first-order valence-electron chi connectivity index (χ1n) is 7.76. The highest BCUT2D eigenvalue weighted by atomic mass is 16.5. The average Bonchev–Trinajstić information content (AvgIpc) is 2.54. The molecule has 0 aromatic carbocycles. The van der Waals surface area contributed by atoms with Gasteiger partial charge in [0.2, 0.25) is 0 Å². The Labute approximate surface area is 125 Å². The predicted octanol–water partition coefficient (Wildman–Crippen LogP) is 2.61. The number of carbonyl (C=O) groups excluding carboxylic acids is 1. The van der Waals surface area contributed by atoms with E-state index < -0.39 is 6.10 Å². The van der Waals surface area contributed by atoms with E-state index in [9.17, 15) is 9.90 Å². The van der Waals surface area contributed by atoms with Gasteiger partial charge in [-0.05, 0) is 37.8 Å². The quantitative estimate of drug-likeness (QED) is 0.789. The summed E-state index contributed by atoms with van der Waals surface area (Å²) < 4.78 is 5.01. The third-order valence-electron chi connectivity index (χ3n) is 3.98. The third kappa shape index (κ3) is 4.43. The van der Waals surface area contributed by atoms with Crippen LogP contribution < -0.4 is 5.32 Å². The number of hydrogen-bond donors (Lipinski definition) is 2. The van der Waals surface area contributed by atoms with E-state index in [0.717, 1.165) is 12.8 Å². The number of hydrogen-bond acceptors (Lipinski definition) is 5. The van der Waals surface area contributed by atoms with Crippen molar-refractivity contribution in [2.75, 3.05) is 18.5 Å². The lowest BCUT2D eigenvalue weighted by atomic mass is 9.85. The van der Waals surface area contributed by atoms with E-state index in [0.29, 0.717) is 30.5 Å². The van der Waals surface area contributed by atoms with Gasteiger partial charge < -0.3 is 15.2 Å². The fraction of sp³-hybridized carbons (Fsp3) is 0.625. The van der Waals surface area contributed by atoms with Crippen LogP contribution in [-0.4, -0.2) is 35.3 Å². The first kappa shape index (κ1) is 15.8. The summed E-state index contributed by atoms with van der Waals surface area (Å²) in [4.78, 5) is 16.0. The molecule has 0 bridgehead atoms. The Balaban J connectivity index is 1.94. The molecule has 1 aliphatic rings. The zero-order chi connectivity index (χ0) is 15.1. The van der Waals surface area contributed by atoms with Gasteiger partial charge in [0, 0.05) is 12.7 Å². The van der Waals surface area contributed by atoms with Crippen LogP contribution in [0.5, 0.6) is 0 Å². The molecule has 5 heteroatoms. The van der Waals surface area contributed by atoms with Crippen LogP contribution in [0.25, 0.3) is 0 Å². The van der Waals surface area contributed by atoms with Crippen molar-refractivity contribution in [3.8, 4) is 0 Å². The molecule has 2 rings (SSSR count). The monoisotopic (exact) mass is 292 g/mol. The zero-order valence-electron chi connectivity index (χ0n) is 12.5. The molecule has 1 aromatic heterocycles. The minimum Gasteiger partial charge on any atom is -0.462 e. The molecule has 1 unspecified atom stereocenters. The van der Waals surface area contributed by atoms with Gasteiger partial charge in [0.15, 0.2) is 0 Å². The summed E-state index contributed by atoms with van der Waals surface area (Å²) in [6, 6.07) is 3.38. The van der Waals surface area contributed by atoms with Crippen LogP contribution in [-0.2, 0) is 4.74 Å². The standard InChI is InChI=1S/C16H24N2O3/c1-2-21-16(20)13-9-6-10-17-15(13)18-11-14(19)12-7-4-3-5-8-12/h6,9-10,12,14,19H,2-5,7-8,11H2,1H3,(H,17,18). The molecule has 2 N–H and O–H groups in total. The maximum atomic E-state index is 11.8. The summed E-state index contributed by atoms with van der Waals surface area (Å²) in [7, 11) is 0. The Morgan fingerprint density at radius 2 is 2.24 bits per heavy atom. The van der Waals surface area contributed by atoms with E-state index >= 15 is 0 Å². The number of nitrogens with zero attached hydrogens (tertiary/aromatic N) is 1. The van der Waals surface area contributed by atoms with Crippen molar-refractivity contribution in [3.05, 3.63) is 23.9 Å². The zero-order valence-corrected chi connectivity index (χ0v) is 12.5. The van der Waals surface area contributed by atoms with E-state index in [2.05, 4.69) is 10.3 Å². The van der Waals surface area contributed by atoms with Crippen LogP contribution in [0.4, 0.5) is 5.82 Å². The van der Waals surface area contributed by atoms with Gasteiger partial charge in [0.25, 0.3) is 0 Å². The molecule has 0 spiro atoms. The lowest BCUT2D eigenvalue weighted by molar-refractivity contribution is 0.0526. The number of rotatable bonds is 6. The predicted molar refractivity (Wildman–Crippen MR) is 81.3 cm³/mol. The summed E-state index contributed by atoms with van der Waals surface area (Å²) in [5, 5.41) is 13.3. The molecule has 21 heavy (non-hydrogen) atoms. The van der Waals surface area contributed by atoms with Crippen LogP contribution in [0.2, 0.25) is 0 Å². The average molecular weight is 292 g/mol. The maximum Gasteiger partial charge on any atom is 0.341 e. The summed E-state index contributed by atoms with van der Waals surface area (Å²) in [6.45, 7) is 2.51. The van der Waals surface area contributed by atoms with Crippen molar-refractivity contribution >= 4 is 11.8 Å². The van der Waals surface area contributed by atoms with E-state index in [4.69, 9.17) is 4.74 Å². The number of esters is 1. The Bertz CT molecular complexity index is 459. The molecular weight excluding hydrogens is 268 g/mol. The van der Waals surface area contributed by atoms with Gasteiger partial charge in [-0.1, -0.05) is 19.3 Å². The van der Waals surface area contributed by atoms with Gasteiger partial charge in [0.05, 0.1) is 12.7 Å². The Kier molecular flexibility index (Phi) is 5.99. The third-order valence-corrected chi connectivity index (χ3v) is 3.98. The maximum absolute atomic E-state index is 11.8. The highest BCUT2D eigenvalue weighted by Gasteiger charge is 2.22. The smallest absolute Gasteiger partial charge is 0.341 e. The molecule has 1 aliphatic carbocycles. The molecule has 0 aliphatic heterocycles. The van der Waals surface area contributed by atoms with Gasteiger partial charge in [-0.2, -0.15) is 0 Å². The molecule has 0 saturated heterocycles. The van der Waals surface area contributed by atoms with Crippen LogP contribution in [0.15, 0.2) is 18.3 Å². The van der Waals surface area contributed by atoms with Crippen molar-refractivity contribution < 1.29 is 14.6 Å². The van der Waals surface area contributed by atoms with Crippen molar-refractivity contribution in [1.29, 1.82) is 0 Å². The number of pyridine rings is 1. The van der Waals surface area contributed by atoms with Gasteiger partial charge in [-0.15, -0.1) is 0 Å². The molecule has 1 atom stereocenters. The summed E-state index contributed by atoms with van der Waals surface area (Å²) >= 11 is 0. The van der Waals surface area contributed by atoms with Crippen molar-refractivity contribution in [2.45, 2.75) is 45.1 Å². The summed E-state index contributed by atoms with van der Waals surface area (Å²) in [5.41, 5.74) is 0.412. The second-order valence-corrected chi connectivity index (χ2v) is 5.47. The number of aliphatic hydroxyl groups is 1.